The Labute approximate surface area is 217 Å². The summed E-state index contributed by atoms with van der Waals surface area (Å²) in [5, 5.41) is 30.3. The third-order valence-corrected chi connectivity index (χ3v) is 6.52. The monoisotopic (exact) mass is 525 g/mol. The molecule has 4 atom stereocenters. The van der Waals surface area contributed by atoms with E-state index >= 15 is 0 Å². The van der Waals surface area contributed by atoms with Gasteiger partial charge >= 0.3 is 5.97 Å². The van der Waals surface area contributed by atoms with E-state index in [1.165, 1.54) is 12.5 Å². The Kier molecular flexibility index (Phi) is 8.71. The second-order valence-electron chi connectivity index (χ2n) is 9.20. The van der Waals surface area contributed by atoms with Crippen molar-refractivity contribution < 1.29 is 29.4 Å². The number of aliphatic carboxylic acids is 1. The highest BCUT2D eigenvalue weighted by Gasteiger charge is 2.32. The quantitative estimate of drug-likeness (QED) is 0.146. The van der Waals surface area contributed by atoms with Crippen molar-refractivity contribution in [3.63, 3.8) is 0 Å². The van der Waals surface area contributed by atoms with Gasteiger partial charge in [0.05, 0.1) is 19.0 Å². The van der Waals surface area contributed by atoms with E-state index in [0.29, 0.717) is 18.7 Å². The molecule has 1 aliphatic rings. The van der Waals surface area contributed by atoms with Crippen LogP contribution >= 0.6 is 0 Å². The van der Waals surface area contributed by atoms with Gasteiger partial charge in [0.2, 0.25) is 17.7 Å². The summed E-state index contributed by atoms with van der Waals surface area (Å²) in [6.07, 6.45) is 6.29. The molecule has 13 heteroatoms. The zero-order valence-electron chi connectivity index (χ0n) is 20.6. The van der Waals surface area contributed by atoms with E-state index in [0.717, 1.165) is 22.9 Å². The number of benzene rings is 1. The minimum atomic E-state index is -1.54. The van der Waals surface area contributed by atoms with E-state index in [4.69, 9.17) is 0 Å². The van der Waals surface area contributed by atoms with Crippen molar-refractivity contribution in [3.8, 4) is 0 Å². The molecule has 1 aromatic carbocycles. The number of para-hydroxylation sites is 1. The largest absolute Gasteiger partial charge is 0.480 e. The van der Waals surface area contributed by atoms with Gasteiger partial charge in [0.25, 0.3) is 0 Å². The minimum Gasteiger partial charge on any atom is -0.480 e. The van der Waals surface area contributed by atoms with E-state index in [2.05, 4.69) is 36.2 Å². The molecule has 3 aromatic rings. The normalized spacial score (nSPS) is 17.4. The molecule has 1 fully saturated rings. The lowest BCUT2D eigenvalue weighted by Crippen LogP contribution is -2.58. The number of carbonyl (C=O) groups excluding carboxylic acids is 3. The number of H-pyrrole nitrogens is 2. The van der Waals surface area contributed by atoms with E-state index in [9.17, 15) is 29.4 Å². The predicted molar refractivity (Wildman–Crippen MR) is 136 cm³/mol. The first-order chi connectivity index (χ1) is 18.4. The summed E-state index contributed by atoms with van der Waals surface area (Å²) in [4.78, 5) is 60.7. The number of hydrogen-bond donors (Lipinski definition) is 8. The summed E-state index contributed by atoms with van der Waals surface area (Å²) in [6, 6.07) is 3.39. The van der Waals surface area contributed by atoms with Crippen molar-refractivity contribution in [3.05, 3.63) is 54.2 Å². The van der Waals surface area contributed by atoms with Crippen LogP contribution in [0.15, 0.2) is 43.0 Å². The number of rotatable bonds is 12. The van der Waals surface area contributed by atoms with Gasteiger partial charge < -0.3 is 41.4 Å². The molecular weight excluding hydrogens is 494 g/mol. The number of carbonyl (C=O) groups is 4. The molecule has 38 heavy (non-hydrogen) atoms. The zero-order valence-corrected chi connectivity index (χ0v) is 20.6. The van der Waals surface area contributed by atoms with Crippen molar-refractivity contribution in [2.24, 2.45) is 0 Å². The highest BCUT2D eigenvalue weighted by Crippen LogP contribution is 2.19. The number of hydrogen-bond acceptors (Lipinski definition) is 7. The molecule has 0 spiro atoms. The average Bonchev–Trinajstić information content (AvgIpc) is 3.69. The maximum absolute atomic E-state index is 13.6. The third kappa shape index (κ3) is 6.55. The molecule has 3 heterocycles. The SMILES string of the molecule is O=C(O)C(CO)NC(=O)C(Cc1cnc[nH]1)NC(=O)C(Cc1c[nH]c2ccccc12)NC(=O)C1CCCN1. The van der Waals surface area contributed by atoms with Crippen LogP contribution in [0.2, 0.25) is 0 Å². The second kappa shape index (κ2) is 12.3. The smallest absolute Gasteiger partial charge is 0.328 e. The standard InChI is InChI=1S/C25H31N7O6/c33-12-21(25(37)38)32-24(36)20(9-15-11-26-13-29-15)31-23(35)19(30-22(34)18-6-3-7-27-18)8-14-10-28-17-5-2-1-4-16(14)17/h1-2,4-5,10-11,13,18-21,27-28,33H,3,6-9,12H2,(H,26,29)(H,30,34)(H,31,35)(H,32,36)(H,37,38). The van der Waals surface area contributed by atoms with Crippen LogP contribution in [0.5, 0.6) is 0 Å². The van der Waals surface area contributed by atoms with Gasteiger partial charge in [-0.1, -0.05) is 18.2 Å². The summed E-state index contributed by atoms with van der Waals surface area (Å²) in [5.41, 5.74) is 2.21. The summed E-state index contributed by atoms with van der Waals surface area (Å²) in [6.45, 7) is -0.112. The number of aromatic nitrogens is 3. The molecule has 13 nitrogen and oxygen atoms in total. The van der Waals surface area contributed by atoms with Crippen molar-refractivity contribution in [1.29, 1.82) is 0 Å². The fraction of sp³-hybridized carbons (Fsp3) is 0.400. The molecule has 0 radical (unpaired) electrons. The first-order valence-corrected chi connectivity index (χ1v) is 12.4. The number of carboxylic acid groups (broad SMARTS) is 1. The Bertz CT molecular complexity index is 1270. The lowest BCUT2D eigenvalue weighted by atomic mass is 10.0. The lowest BCUT2D eigenvalue weighted by Gasteiger charge is -2.25. The van der Waals surface area contributed by atoms with Crippen LogP contribution in [0.25, 0.3) is 10.9 Å². The molecule has 4 rings (SSSR count). The van der Waals surface area contributed by atoms with Crippen LogP contribution in [-0.2, 0) is 32.0 Å². The summed E-state index contributed by atoms with van der Waals surface area (Å²) >= 11 is 0. The number of amides is 3. The Balaban J connectivity index is 1.56. The molecular formula is C25H31N7O6. The van der Waals surface area contributed by atoms with Gasteiger partial charge in [0.1, 0.15) is 18.1 Å². The lowest BCUT2D eigenvalue weighted by molar-refractivity contribution is -0.143. The van der Waals surface area contributed by atoms with Crippen LogP contribution in [0.1, 0.15) is 24.1 Å². The molecule has 4 unspecified atom stereocenters. The van der Waals surface area contributed by atoms with Crippen LogP contribution in [0.3, 0.4) is 0 Å². The number of nitrogens with zero attached hydrogens (tertiary/aromatic N) is 1. The van der Waals surface area contributed by atoms with Crippen LogP contribution < -0.4 is 21.3 Å². The zero-order chi connectivity index (χ0) is 27.1. The van der Waals surface area contributed by atoms with E-state index in [1.807, 2.05) is 24.3 Å². The first kappa shape index (κ1) is 26.8. The van der Waals surface area contributed by atoms with Crippen LogP contribution in [0.4, 0.5) is 0 Å². The van der Waals surface area contributed by atoms with E-state index in [1.54, 1.807) is 6.20 Å². The van der Waals surface area contributed by atoms with E-state index < -0.39 is 48.6 Å². The number of aromatic amines is 2. The van der Waals surface area contributed by atoms with Crippen molar-refractivity contribution in [2.45, 2.75) is 49.9 Å². The van der Waals surface area contributed by atoms with Crippen molar-refractivity contribution >= 4 is 34.6 Å². The summed E-state index contributed by atoms with van der Waals surface area (Å²) < 4.78 is 0. The first-order valence-electron chi connectivity index (χ1n) is 12.4. The van der Waals surface area contributed by atoms with Gasteiger partial charge in [-0.25, -0.2) is 9.78 Å². The third-order valence-electron chi connectivity index (χ3n) is 6.52. The fourth-order valence-electron chi connectivity index (χ4n) is 4.47. The van der Waals surface area contributed by atoms with Gasteiger partial charge in [-0.2, -0.15) is 0 Å². The number of nitrogens with one attached hydrogen (secondary N) is 6. The van der Waals surface area contributed by atoms with Crippen LogP contribution in [0, 0.1) is 0 Å². The van der Waals surface area contributed by atoms with Gasteiger partial charge in [0, 0.05) is 41.8 Å². The highest BCUT2D eigenvalue weighted by atomic mass is 16.4. The molecule has 3 amide bonds. The predicted octanol–water partition coefficient (Wildman–Crippen LogP) is -1.04. The Hall–Kier alpha value is -4.23. The van der Waals surface area contributed by atoms with Gasteiger partial charge in [-0.3, -0.25) is 14.4 Å². The molecule has 1 aliphatic heterocycles. The Morgan fingerprint density at radius 2 is 1.74 bits per heavy atom. The number of aliphatic hydroxyl groups is 1. The molecule has 202 valence electrons. The maximum Gasteiger partial charge on any atom is 0.328 e. The molecule has 2 aromatic heterocycles. The summed E-state index contributed by atoms with van der Waals surface area (Å²) in [5.74, 6) is -3.15. The summed E-state index contributed by atoms with van der Waals surface area (Å²) in [7, 11) is 0. The fourth-order valence-corrected chi connectivity index (χ4v) is 4.47. The highest BCUT2D eigenvalue weighted by molar-refractivity contribution is 5.95. The number of imidazole rings is 1. The minimum absolute atomic E-state index is 0.0206. The Morgan fingerprint density at radius 1 is 1.00 bits per heavy atom. The molecule has 0 bridgehead atoms. The maximum atomic E-state index is 13.6. The molecule has 8 N–H and O–H groups in total. The van der Waals surface area contributed by atoms with Gasteiger partial charge in [-0.15, -0.1) is 0 Å². The van der Waals surface area contributed by atoms with E-state index in [-0.39, 0.29) is 18.7 Å². The molecule has 1 saturated heterocycles. The van der Waals surface area contributed by atoms with Crippen LogP contribution in [-0.4, -0.2) is 86.2 Å². The van der Waals surface area contributed by atoms with Gasteiger partial charge in [0.15, 0.2) is 0 Å². The topological polar surface area (TPSA) is 201 Å². The Morgan fingerprint density at radius 3 is 2.39 bits per heavy atom. The van der Waals surface area contributed by atoms with Gasteiger partial charge in [-0.05, 0) is 31.0 Å². The molecule has 0 saturated carbocycles. The van der Waals surface area contributed by atoms with Crippen molar-refractivity contribution in [1.82, 2.24) is 36.2 Å². The average molecular weight is 526 g/mol. The molecule has 0 aliphatic carbocycles. The second-order valence-corrected chi connectivity index (χ2v) is 9.20. The number of fused-ring (bicyclic) bond motifs is 1. The number of aliphatic hydroxyl groups excluding tert-OH is 1. The number of carboxylic acids is 1. The van der Waals surface area contributed by atoms with Crippen molar-refractivity contribution in [2.75, 3.05) is 13.2 Å².